The van der Waals surface area contributed by atoms with Crippen LogP contribution in [0.4, 0.5) is 0 Å². The van der Waals surface area contributed by atoms with Crippen LogP contribution in [0.2, 0.25) is 0 Å². The van der Waals surface area contributed by atoms with Gasteiger partial charge in [0.15, 0.2) is 11.5 Å². The number of benzene rings is 1. The molecule has 4 nitrogen and oxygen atoms in total. The van der Waals surface area contributed by atoms with E-state index in [1.165, 1.54) is 19.3 Å². The van der Waals surface area contributed by atoms with Crippen LogP contribution in [0.15, 0.2) is 18.2 Å². The van der Waals surface area contributed by atoms with Gasteiger partial charge in [-0.2, -0.15) is 0 Å². The molecule has 1 heterocycles. The van der Waals surface area contributed by atoms with Crippen LogP contribution in [0.3, 0.4) is 0 Å². The van der Waals surface area contributed by atoms with Crippen LogP contribution in [0.1, 0.15) is 57.9 Å². The summed E-state index contributed by atoms with van der Waals surface area (Å²) in [6.07, 6.45) is 6.25. The van der Waals surface area contributed by atoms with Crippen molar-refractivity contribution >= 4 is 5.97 Å². The van der Waals surface area contributed by atoms with Gasteiger partial charge < -0.3 is 14.2 Å². The monoisotopic (exact) mass is 306 g/mol. The minimum atomic E-state index is -0.124. The SMILES string of the molecule is CC(C)CCCCCCC(=O)OCc1ccc2c(c1)OCO2. The van der Waals surface area contributed by atoms with Crippen LogP contribution in [0.25, 0.3) is 0 Å². The summed E-state index contributed by atoms with van der Waals surface area (Å²) in [5.74, 6) is 2.11. The topological polar surface area (TPSA) is 44.8 Å². The quantitative estimate of drug-likeness (QED) is 0.499. The molecule has 4 heteroatoms. The van der Waals surface area contributed by atoms with Crippen LogP contribution in [-0.4, -0.2) is 12.8 Å². The smallest absolute Gasteiger partial charge is 0.306 e. The molecule has 0 spiro atoms. The van der Waals surface area contributed by atoms with E-state index in [9.17, 15) is 4.79 Å². The highest BCUT2D eigenvalue weighted by molar-refractivity contribution is 5.69. The minimum absolute atomic E-state index is 0.124. The van der Waals surface area contributed by atoms with Gasteiger partial charge in [0.2, 0.25) is 6.79 Å². The molecule has 1 aliphatic heterocycles. The lowest BCUT2D eigenvalue weighted by Gasteiger charge is -2.06. The third-order valence-corrected chi connectivity index (χ3v) is 3.75. The summed E-state index contributed by atoms with van der Waals surface area (Å²) in [6.45, 7) is 5.04. The standard InChI is InChI=1S/C18H26O4/c1-14(2)7-5-3-4-6-8-18(19)20-12-15-9-10-16-17(11-15)22-13-21-16/h9-11,14H,3-8,12-13H2,1-2H3. The van der Waals surface area contributed by atoms with E-state index >= 15 is 0 Å². The minimum Gasteiger partial charge on any atom is -0.461 e. The van der Waals surface area contributed by atoms with E-state index in [1.54, 1.807) is 0 Å². The first kappa shape index (κ1) is 16.7. The number of unbranched alkanes of at least 4 members (excludes halogenated alkanes) is 3. The van der Waals surface area contributed by atoms with E-state index in [4.69, 9.17) is 14.2 Å². The molecule has 1 aromatic carbocycles. The second kappa shape index (κ2) is 8.66. The van der Waals surface area contributed by atoms with Crippen molar-refractivity contribution < 1.29 is 19.0 Å². The Morgan fingerprint density at radius 2 is 1.91 bits per heavy atom. The highest BCUT2D eigenvalue weighted by atomic mass is 16.7. The highest BCUT2D eigenvalue weighted by Crippen LogP contribution is 2.32. The number of carbonyl (C=O) groups excluding carboxylic acids is 1. The maximum absolute atomic E-state index is 11.7. The summed E-state index contributed by atoms with van der Waals surface area (Å²) in [6, 6.07) is 5.61. The molecule has 22 heavy (non-hydrogen) atoms. The molecule has 0 unspecified atom stereocenters. The number of hydrogen-bond acceptors (Lipinski definition) is 4. The molecular weight excluding hydrogens is 280 g/mol. The van der Waals surface area contributed by atoms with Gasteiger partial charge in [-0.25, -0.2) is 0 Å². The van der Waals surface area contributed by atoms with Gasteiger partial charge in [0.1, 0.15) is 6.61 Å². The first-order valence-electron chi connectivity index (χ1n) is 8.19. The normalized spacial score (nSPS) is 12.7. The summed E-state index contributed by atoms with van der Waals surface area (Å²) in [5.41, 5.74) is 0.925. The summed E-state index contributed by atoms with van der Waals surface area (Å²) >= 11 is 0. The Balaban J connectivity index is 1.58. The van der Waals surface area contributed by atoms with Gasteiger partial charge in [-0.3, -0.25) is 4.79 Å². The number of esters is 1. The van der Waals surface area contributed by atoms with E-state index in [1.807, 2.05) is 18.2 Å². The molecule has 0 radical (unpaired) electrons. The van der Waals surface area contributed by atoms with E-state index in [0.717, 1.165) is 35.8 Å². The van der Waals surface area contributed by atoms with Gasteiger partial charge in [-0.1, -0.05) is 45.6 Å². The Hall–Kier alpha value is -1.71. The van der Waals surface area contributed by atoms with E-state index in [0.29, 0.717) is 13.0 Å². The van der Waals surface area contributed by atoms with Gasteiger partial charge in [-0.15, -0.1) is 0 Å². The molecule has 0 amide bonds. The molecular formula is C18H26O4. The molecule has 0 fully saturated rings. The summed E-state index contributed by atoms with van der Waals surface area (Å²) in [4.78, 5) is 11.7. The second-order valence-electron chi connectivity index (χ2n) is 6.20. The Labute approximate surface area is 132 Å². The van der Waals surface area contributed by atoms with Crippen molar-refractivity contribution in [3.8, 4) is 11.5 Å². The first-order valence-corrected chi connectivity index (χ1v) is 8.19. The summed E-state index contributed by atoms with van der Waals surface area (Å²) in [5, 5.41) is 0. The highest BCUT2D eigenvalue weighted by Gasteiger charge is 2.13. The number of hydrogen-bond donors (Lipinski definition) is 0. The van der Waals surface area contributed by atoms with E-state index < -0.39 is 0 Å². The molecule has 2 rings (SSSR count). The average molecular weight is 306 g/mol. The molecule has 0 aromatic heterocycles. The lowest BCUT2D eigenvalue weighted by molar-refractivity contribution is -0.145. The molecule has 0 bridgehead atoms. The maximum atomic E-state index is 11.7. The van der Waals surface area contributed by atoms with Gasteiger partial charge in [0, 0.05) is 6.42 Å². The number of rotatable bonds is 9. The average Bonchev–Trinajstić information content (AvgIpc) is 2.96. The van der Waals surface area contributed by atoms with Crippen LogP contribution >= 0.6 is 0 Å². The Morgan fingerprint density at radius 3 is 2.73 bits per heavy atom. The van der Waals surface area contributed by atoms with Crippen molar-refractivity contribution in [1.29, 1.82) is 0 Å². The summed E-state index contributed by atoms with van der Waals surface area (Å²) < 4.78 is 15.8. The fourth-order valence-electron chi connectivity index (χ4n) is 2.44. The first-order chi connectivity index (χ1) is 10.6. The zero-order chi connectivity index (χ0) is 15.8. The summed E-state index contributed by atoms with van der Waals surface area (Å²) in [7, 11) is 0. The van der Waals surface area contributed by atoms with Gasteiger partial charge in [-0.05, 0) is 30.0 Å². The number of ether oxygens (including phenoxy) is 3. The lowest BCUT2D eigenvalue weighted by Crippen LogP contribution is -2.04. The fourth-order valence-corrected chi connectivity index (χ4v) is 2.44. The van der Waals surface area contributed by atoms with Gasteiger partial charge >= 0.3 is 5.97 Å². The molecule has 0 atom stereocenters. The zero-order valence-corrected chi connectivity index (χ0v) is 13.6. The largest absolute Gasteiger partial charge is 0.461 e. The number of fused-ring (bicyclic) bond motifs is 1. The van der Waals surface area contributed by atoms with Gasteiger partial charge in [0.25, 0.3) is 0 Å². The van der Waals surface area contributed by atoms with Crippen LogP contribution in [-0.2, 0) is 16.1 Å². The zero-order valence-electron chi connectivity index (χ0n) is 13.6. The van der Waals surface area contributed by atoms with Gasteiger partial charge in [0.05, 0.1) is 0 Å². The maximum Gasteiger partial charge on any atom is 0.306 e. The Kier molecular flexibility index (Phi) is 6.56. The van der Waals surface area contributed by atoms with Crippen molar-refractivity contribution in [2.75, 3.05) is 6.79 Å². The predicted molar refractivity (Wildman–Crippen MR) is 84.9 cm³/mol. The second-order valence-corrected chi connectivity index (χ2v) is 6.20. The van der Waals surface area contributed by atoms with E-state index in [2.05, 4.69) is 13.8 Å². The van der Waals surface area contributed by atoms with Crippen molar-refractivity contribution in [2.45, 2.75) is 59.0 Å². The molecule has 0 saturated heterocycles. The Morgan fingerprint density at radius 1 is 1.14 bits per heavy atom. The molecule has 1 aromatic rings. The van der Waals surface area contributed by atoms with Crippen molar-refractivity contribution in [3.63, 3.8) is 0 Å². The fraction of sp³-hybridized carbons (Fsp3) is 0.611. The molecule has 122 valence electrons. The predicted octanol–water partition coefficient (Wildman–Crippen LogP) is 4.46. The van der Waals surface area contributed by atoms with Crippen molar-refractivity contribution in [1.82, 2.24) is 0 Å². The molecule has 0 aliphatic carbocycles. The van der Waals surface area contributed by atoms with Crippen molar-refractivity contribution in [3.05, 3.63) is 23.8 Å². The van der Waals surface area contributed by atoms with Crippen molar-refractivity contribution in [2.24, 2.45) is 5.92 Å². The molecule has 0 saturated carbocycles. The van der Waals surface area contributed by atoms with Crippen LogP contribution in [0, 0.1) is 5.92 Å². The van der Waals surface area contributed by atoms with Crippen LogP contribution in [0.5, 0.6) is 11.5 Å². The van der Waals surface area contributed by atoms with E-state index in [-0.39, 0.29) is 12.8 Å². The third kappa shape index (κ3) is 5.58. The lowest BCUT2D eigenvalue weighted by atomic mass is 10.0. The van der Waals surface area contributed by atoms with Crippen LogP contribution < -0.4 is 9.47 Å². The molecule has 1 aliphatic rings. The Bertz CT molecular complexity index is 482. The third-order valence-electron chi connectivity index (χ3n) is 3.75. The molecule has 0 N–H and O–H groups in total. The number of carbonyl (C=O) groups is 1.